The van der Waals surface area contributed by atoms with E-state index in [1.807, 2.05) is 6.07 Å². The third-order valence-corrected chi connectivity index (χ3v) is 3.91. The van der Waals surface area contributed by atoms with Crippen LogP contribution in [0.1, 0.15) is 25.7 Å². The first-order chi connectivity index (χ1) is 7.75. The summed E-state index contributed by atoms with van der Waals surface area (Å²) < 4.78 is 13.2. The number of fused-ring (bicyclic) bond motifs is 2. The van der Waals surface area contributed by atoms with Crippen molar-refractivity contribution in [3.63, 3.8) is 0 Å². The lowest BCUT2D eigenvalue weighted by atomic mass is 9.87. The number of hydrogen-bond donors (Lipinski definition) is 1. The Bertz CT molecular complexity index is 405. The number of rotatable bonds is 0. The minimum absolute atomic E-state index is 0.158. The molecule has 2 aliphatic rings. The highest BCUT2D eigenvalue weighted by molar-refractivity contribution is 5.73. The Kier molecular flexibility index (Phi) is 2.27. The molecule has 0 spiro atoms. The maximum absolute atomic E-state index is 13.2. The highest BCUT2D eigenvalue weighted by Crippen LogP contribution is 2.38. The SMILES string of the molecule is CN1c2ccc(F)cc2NC2CCCCC21. The van der Waals surface area contributed by atoms with Crippen LogP contribution >= 0.6 is 0 Å². The molecule has 3 rings (SSSR count). The van der Waals surface area contributed by atoms with Crippen LogP contribution in [0.15, 0.2) is 18.2 Å². The van der Waals surface area contributed by atoms with Crippen molar-refractivity contribution >= 4 is 11.4 Å². The third kappa shape index (κ3) is 1.46. The summed E-state index contributed by atoms with van der Waals surface area (Å²) in [6.07, 6.45) is 5.03. The summed E-state index contributed by atoms with van der Waals surface area (Å²) in [5.74, 6) is -0.158. The molecule has 0 radical (unpaired) electrons. The summed E-state index contributed by atoms with van der Waals surface area (Å²) in [5, 5.41) is 3.49. The minimum atomic E-state index is -0.158. The van der Waals surface area contributed by atoms with Gasteiger partial charge in [-0.1, -0.05) is 12.8 Å². The van der Waals surface area contributed by atoms with Crippen LogP contribution in [0.4, 0.5) is 15.8 Å². The summed E-state index contributed by atoms with van der Waals surface area (Å²) >= 11 is 0. The molecule has 1 fully saturated rings. The first kappa shape index (κ1) is 9.94. The smallest absolute Gasteiger partial charge is 0.125 e. The van der Waals surface area contributed by atoms with Crippen LogP contribution in [0.3, 0.4) is 0 Å². The Morgan fingerprint density at radius 1 is 1.31 bits per heavy atom. The van der Waals surface area contributed by atoms with Gasteiger partial charge in [-0.05, 0) is 31.0 Å². The van der Waals surface area contributed by atoms with E-state index in [0.29, 0.717) is 12.1 Å². The zero-order chi connectivity index (χ0) is 11.1. The van der Waals surface area contributed by atoms with Gasteiger partial charge in [0.15, 0.2) is 0 Å². The van der Waals surface area contributed by atoms with E-state index in [2.05, 4.69) is 17.3 Å². The maximum atomic E-state index is 13.2. The Hall–Kier alpha value is -1.25. The van der Waals surface area contributed by atoms with Crippen LogP contribution in [0.5, 0.6) is 0 Å². The first-order valence-electron chi connectivity index (χ1n) is 6.04. The van der Waals surface area contributed by atoms with Crippen molar-refractivity contribution in [2.24, 2.45) is 0 Å². The number of hydrogen-bond acceptors (Lipinski definition) is 2. The van der Waals surface area contributed by atoms with Crippen molar-refractivity contribution in [1.82, 2.24) is 0 Å². The van der Waals surface area contributed by atoms with Crippen LogP contribution < -0.4 is 10.2 Å². The van der Waals surface area contributed by atoms with Crippen LogP contribution in [0.2, 0.25) is 0 Å². The Balaban J connectivity index is 1.99. The van der Waals surface area contributed by atoms with E-state index in [4.69, 9.17) is 0 Å². The van der Waals surface area contributed by atoms with E-state index in [-0.39, 0.29) is 5.82 Å². The number of nitrogens with zero attached hydrogens (tertiary/aromatic N) is 1. The molecule has 0 saturated heterocycles. The van der Waals surface area contributed by atoms with Gasteiger partial charge in [-0.15, -0.1) is 0 Å². The van der Waals surface area contributed by atoms with Crippen molar-refractivity contribution < 1.29 is 4.39 Å². The topological polar surface area (TPSA) is 15.3 Å². The van der Waals surface area contributed by atoms with Gasteiger partial charge in [-0.2, -0.15) is 0 Å². The number of likely N-dealkylation sites (N-methyl/N-ethyl adjacent to an activating group) is 1. The largest absolute Gasteiger partial charge is 0.378 e. The van der Waals surface area contributed by atoms with Crippen LogP contribution in [-0.4, -0.2) is 19.1 Å². The van der Waals surface area contributed by atoms with Crippen LogP contribution in [0.25, 0.3) is 0 Å². The summed E-state index contributed by atoms with van der Waals surface area (Å²) in [7, 11) is 2.13. The number of anilines is 2. The fourth-order valence-electron chi connectivity index (χ4n) is 3.05. The van der Waals surface area contributed by atoms with Crippen LogP contribution in [0, 0.1) is 5.82 Å². The normalized spacial score (nSPS) is 28.0. The lowest BCUT2D eigenvalue weighted by molar-refractivity contribution is 0.384. The zero-order valence-corrected chi connectivity index (χ0v) is 9.54. The minimum Gasteiger partial charge on any atom is -0.378 e. The fourth-order valence-corrected chi connectivity index (χ4v) is 3.05. The summed E-state index contributed by atoms with van der Waals surface area (Å²) in [4.78, 5) is 2.31. The molecule has 0 bridgehead atoms. The van der Waals surface area contributed by atoms with Gasteiger partial charge in [0.05, 0.1) is 11.4 Å². The quantitative estimate of drug-likeness (QED) is 0.723. The molecule has 2 nitrogen and oxygen atoms in total. The molecule has 2 atom stereocenters. The molecule has 1 aliphatic heterocycles. The monoisotopic (exact) mass is 220 g/mol. The lowest BCUT2D eigenvalue weighted by Gasteiger charge is -2.45. The molecule has 1 aliphatic carbocycles. The molecular weight excluding hydrogens is 203 g/mol. The molecule has 1 aromatic carbocycles. The van der Waals surface area contributed by atoms with E-state index in [0.717, 1.165) is 11.4 Å². The molecule has 0 aromatic heterocycles. The second kappa shape index (κ2) is 3.65. The Morgan fingerprint density at radius 3 is 3.00 bits per heavy atom. The molecule has 86 valence electrons. The number of halogens is 1. The highest BCUT2D eigenvalue weighted by atomic mass is 19.1. The van der Waals surface area contributed by atoms with Gasteiger partial charge in [-0.3, -0.25) is 0 Å². The molecule has 0 amide bonds. The van der Waals surface area contributed by atoms with E-state index >= 15 is 0 Å². The Labute approximate surface area is 95.4 Å². The van der Waals surface area contributed by atoms with Crippen molar-refractivity contribution in [2.75, 3.05) is 17.3 Å². The predicted octanol–water partition coefficient (Wildman–Crippen LogP) is 3.00. The Morgan fingerprint density at radius 2 is 2.12 bits per heavy atom. The van der Waals surface area contributed by atoms with Crippen LogP contribution in [-0.2, 0) is 0 Å². The standard InChI is InChI=1S/C13H17FN2/c1-16-12-5-3-2-4-10(12)15-11-8-9(14)6-7-13(11)16/h6-8,10,12,15H,2-5H2,1H3. The van der Waals surface area contributed by atoms with Gasteiger partial charge in [0, 0.05) is 19.1 Å². The van der Waals surface area contributed by atoms with Crippen molar-refractivity contribution in [2.45, 2.75) is 37.8 Å². The molecule has 1 saturated carbocycles. The van der Waals surface area contributed by atoms with Gasteiger partial charge >= 0.3 is 0 Å². The lowest BCUT2D eigenvalue weighted by Crippen LogP contribution is -2.50. The van der Waals surface area contributed by atoms with E-state index in [9.17, 15) is 4.39 Å². The fraction of sp³-hybridized carbons (Fsp3) is 0.538. The molecule has 1 aromatic rings. The second-order valence-corrected chi connectivity index (χ2v) is 4.88. The van der Waals surface area contributed by atoms with Gasteiger partial charge < -0.3 is 10.2 Å². The molecule has 1 N–H and O–H groups in total. The van der Waals surface area contributed by atoms with Crippen molar-refractivity contribution in [3.8, 4) is 0 Å². The zero-order valence-electron chi connectivity index (χ0n) is 9.54. The van der Waals surface area contributed by atoms with Gasteiger partial charge in [-0.25, -0.2) is 4.39 Å². The van der Waals surface area contributed by atoms with E-state index < -0.39 is 0 Å². The molecule has 2 unspecified atom stereocenters. The number of nitrogens with one attached hydrogen (secondary N) is 1. The number of benzene rings is 1. The summed E-state index contributed by atoms with van der Waals surface area (Å²) in [5.41, 5.74) is 2.08. The summed E-state index contributed by atoms with van der Waals surface area (Å²) in [6, 6.07) is 6.10. The second-order valence-electron chi connectivity index (χ2n) is 4.88. The van der Waals surface area contributed by atoms with Gasteiger partial charge in [0.1, 0.15) is 5.82 Å². The van der Waals surface area contributed by atoms with E-state index in [1.54, 1.807) is 12.1 Å². The van der Waals surface area contributed by atoms with Gasteiger partial charge in [0.25, 0.3) is 0 Å². The predicted molar refractivity (Wildman–Crippen MR) is 64.5 cm³/mol. The van der Waals surface area contributed by atoms with Crippen molar-refractivity contribution in [1.29, 1.82) is 0 Å². The average molecular weight is 220 g/mol. The first-order valence-corrected chi connectivity index (χ1v) is 6.04. The molecular formula is C13H17FN2. The summed E-state index contributed by atoms with van der Waals surface area (Å²) in [6.45, 7) is 0. The van der Waals surface area contributed by atoms with E-state index in [1.165, 1.54) is 25.7 Å². The van der Waals surface area contributed by atoms with Crippen molar-refractivity contribution in [3.05, 3.63) is 24.0 Å². The molecule has 1 heterocycles. The maximum Gasteiger partial charge on any atom is 0.125 e. The molecule has 3 heteroatoms. The third-order valence-electron chi connectivity index (χ3n) is 3.91. The average Bonchev–Trinajstić information content (AvgIpc) is 2.29. The van der Waals surface area contributed by atoms with Gasteiger partial charge in [0.2, 0.25) is 0 Å². The highest BCUT2D eigenvalue weighted by Gasteiger charge is 2.33. The molecule has 16 heavy (non-hydrogen) atoms.